The second-order valence-electron chi connectivity index (χ2n) is 4.93. The topological polar surface area (TPSA) is 66.4 Å². The monoisotopic (exact) mass is 319 g/mol. The summed E-state index contributed by atoms with van der Waals surface area (Å²) >= 11 is 5.86. The number of sulfonamides is 1. The van der Waals surface area contributed by atoms with E-state index in [1.54, 1.807) is 19.1 Å². The zero-order chi connectivity index (χ0) is 15.2. The van der Waals surface area contributed by atoms with Crippen LogP contribution in [0.15, 0.2) is 23.1 Å². The first-order valence-corrected chi connectivity index (χ1v) is 8.63. The fraction of sp³-hybridized carbons (Fsp3) is 0.571. The molecule has 0 spiro atoms. The second kappa shape index (κ2) is 7.98. The van der Waals surface area contributed by atoms with Crippen molar-refractivity contribution in [2.24, 2.45) is 5.92 Å². The number of rotatable bonds is 8. The summed E-state index contributed by atoms with van der Waals surface area (Å²) in [5, 5.41) is 9.40. The van der Waals surface area contributed by atoms with Crippen molar-refractivity contribution in [1.82, 2.24) is 4.72 Å². The Morgan fingerprint density at radius 3 is 2.65 bits per heavy atom. The highest BCUT2D eigenvalue weighted by atomic mass is 35.5. The Balaban J connectivity index is 2.81. The highest BCUT2D eigenvalue weighted by Gasteiger charge is 2.19. The fourth-order valence-corrected chi connectivity index (χ4v) is 3.73. The first-order chi connectivity index (χ1) is 9.40. The number of halogens is 1. The first kappa shape index (κ1) is 17.4. The lowest BCUT2D eigenvalue weighted by molar-refractivity contribution is 0.251. The molecule has 1 rings (SSSR count). The van der Waals surface area contributed by atoms with Crippen LogP contribution in [0.4, 0.5) is 0 Å². The quantitative estimate of drug-likeness (QED) is 0.774. The van der Waals surface area contributed by atoms with Gasteiger partial charge < -0.3 is 5.11 Å². The molecule has 1 atom stereocenters. The molecule has 0 aliphatic heterocycles. The van der Waals surface area contributed by atoms with Crippen molar-refractivity contribution in [2.75, 3.05) is 13.2 Å². The summed E-state index contributed by atoms with van der Waals surface area (Å²) in [4.78, 5) is 0.212. The van der Waals surface area contributed by atoms with Gasteiger partial charge >= 0.3 is 0 Å². The van der Waals surface area contributed by atoms with Crippen LogP contribution in [-0.4, -0.2) is 26.7 Å². The van der Waals surface area contributed by atoms with Gasteiger partial charge in [-0.3, -0.25) is 0 Å². The van der Waals surface area contributed by atoms with Crippen molar-refractivity contribution in [3.63, 3.8) is 0 Å². The molecule has 114 valence electrons. The number of hydrogen-bond acceptors (Lipinski definition) is 3. The Morgan fingerprint density at radius 2 is 2.05 bits per heavy atom. The molecule has 2 N–H and O–H groups in total. The van der Waals surface area contributed by atoms with E-state index in [1.165, 1.54) is 6.07 Å². The number of nitrogens with one attached hydrogen (secondary N) is 1. The minimum Gasteiger partial charge on any atom is -0.396 e. The Bertz CT molecular complexity index is 525. The average Bonchev–Trinajstić information content (AvgIpc) is 2.39. The Kier molecular flexibility index (Phi) is 6.95. The number of aliphatic hydroxyl groups is 1. The third-order valence-corrected chi connectivity index (χ3v) is 5.04. The highest BCUT2D eigenvalue weighted by Crippen LogP contribution is 2.20. The number of hydrogen-bond donors (Lipinski definition) is 2. The van der Waals surface area contributed by atoms with Crippen LogP contribution in [-0.2, 0) is 10.0 Å². The van der Waals surface area contributed by atoms with Gasteiger partial charge in [0.05, 0.1) is 4.90 Å². The maximum atomic E-state index is 12.3. The van der Waals surface area contributed by atoms with E-state index >= 15 is 0 Å². The standard InChI is InChI=1S/C14H22ClNO3S/c1-3-4-12(7-8-17)10-16-20(18,19)14-9-13(15)6-5-11(14)2/h5-6,9,12,16-17H,3-4,7-8,10H2,1-2H3. The van der Waals surface area contributed by atoms with Crippen LogP contribution in [0.5, 0.6) is 0 Å². The van der Waals surface area contributed by atoms with E-state index in [0.717, 1.165) is 12.8 Å². The van der Waals surface area contributed by atoms with Crippen molar-refractivity contribution < 1.29 is 13.5 Å². The molecule has 0 aliphatic rings. The number of aryl methyl sites for hydroxylation is 1. The van der Waals surface area contributed by atoms with Crippen molar-refractivity contribution in [1.29, 1.82) is 0 Å². The molecule has 0 amide bonds. The molecule has 1 aromatic carbocycles. The van der Waals surface area contributed by atoms with Crippen LogP contribution in [0.1, 0.15) is 31.7 Å². The molecule has 1 unspecified atom stereocenters. The number of benzene rings is 1. The largest absolute Gasteiger partial charge is 0.396 e. The molecular formula is C14H22ClNO3S. The lowest BCUT2D eigenvalue weighted by Crippen LogP contribution is -2.30. The van der Waals surface area contributed by atoms with Gasteiger partial charge in [0, 0.05) is 18.2 Å². The van der Waals surface area contributed by atoms with E-state index in [4.69, 9.17) is 16.7 Å². The Morgan fingerprint density at radius 1 is 1.35 bits per heavy atom. The molecule has 0 saturated carbocycles. The van der Waals surface area contributed by atoms with Crippen LogP contribution in [0.25, 0.3) is 0 Å². The molecule has 1 aromatic rings. The van der Waals surface area contributed by atoms with E-state index < -0.39 is 10.0 Å². The normalized spacial score (nSPS) is 13.4. The molecule has 0 radical (unpaired) electrons. The van der Waals surface area contributed by atoms with Crippen LogP contribution in [0, 0.1) is 12.8 Å². The summed E-state index contributed by atoms with van der Waals surface area (Å²) in [6, 6.07) is 4.82. The minimum absolute atomic E-state index is 0.0720. The predicted molar refractivity (Wildman–Crippen MR) is 81.5 cm³/mol. The molecule has 6 heteroatoms. The molecule has 0 aromatic heterocycles. The zero-order valence-corrected chi connectivity index (χ0v) is 13.5. The minimum atomic E-state index is -3.56. The molecule has 0 fully saturated rings. The molecule has 0 heterocycles. The van der Waals surface area contributed by atoms with E-state index in [0.29, 0.717) is 23.6 Å². The highest BCUT2D eigenvalue weighted by molar-refractivity contribution is 7.89. The van der Waals surface area contributed by atoms with Crippen LogP contribution >= 0.6 is 11.6 Å². The van der Waals surface area contributed by atoms with Gasteiger partial charge in [-0.25, -0.2) is 13.1 Å². The van der Waals surface area contributed by atoms with E-state index in [-0.39, 0.29) is 17.4 Å². The van der Waals surface area contributed by atoms with E-state index in [2.05, 4.69) is 4.72 Å². The van der Waals surface area contributed by atoms with Crippen LogP contribution in [0.3, 0.4) is 0 Å². The van der Waals surface area contributed by atoms with Crippen molar-refractivity contribution in [3.05, 3.63) is 28.8 Å². The fourth-order valence-electron chi connectivity index (χ4n) is 2.11. The summed E-state index contributed by atoms with van der Waals surface area (Å²) in [5.41, 5.74) is 0.663. The second-order valence-corrected chi connectivity index (χ2v) is 7.10. The van der Waals surface area contributed by atoms with Gasteiger partial charge in [0.2, 0.25) is 10.0 Å². The van der Waals surface area contributed by atoms with Gasteiger partial charge in [-0.2, -0.15) is 0 Å². The summed E-state index contributed by atoms with van der Waals surface area (Å²) in [7, 11) is -3.56. The molecule has 0 saturated heterocycles. The molecule has 0 bridgehead atoms. The lowest BCUT2D eigenvalue weighted by atomic mass is 10.0. The van der Waals surface area contributed by atoms with Crippen LogP contribution < -0.4 is 4.72 Å². The van der Waals surface area contributed by atoms with E-state index in [9.17, 15) is 8.42 Å². The Labute approximate surface area is 126 Å². The van der Waals surface area contributed by atoms with Crippen LogP contribution in [0.2, 0.25) is 5.02 Å². The van der Waals surface area contributed by atoms with Gasteiger partial charge in [-0.05, 0) is 43.4 Å². The van der Waals surface area contributed by atoms with Gasteiger partial charge in [-0.15, -0.1) is 0 Å². The maximum absolute atomic E-state index is 12.3. The summed E-state index contributed by atoms with van der Waals surface area (Å²) in [5.74, 6) is 0.152. The SMILES string of the molecule is CCCC(CCO)CNS(=O)(=O)c1cc(Cl)ccc1C. The van der Waals surface area contributed by atoms with Gasteiger partial charge in [-0.1, -0.05) is 31.0 Å². The maximum Gasteiger partial charge on any atom is 0.240 e. The average molecular weight is 320 g/mol. The van der Waals surface area contributed by atoms with Gasteiger partial charge in [0.25, 0.3) is 0 Å². The third-order valence-electron chi connectivity index (χ3n) is 3.24. The summed E-state index contributed by atoms with van der Waals surface area (Å²) in [6.07, 6.45) is 2.45. The van der Waals surface area contributed by atoms with Gasteiger partial charge in [0.1, 0.15) is 0 Å². The molecule has 0 aliphatic carbocycles. The zero-order valence-electron chi connectivity index (χ0n) is 11.9. The molecule has 20 heavy (non-hydrogen) atoms. The van der Waals surface area contributed by atoms with Crippen molar-refractivity contribution >= 4 is 21.6 Å². The van der Waals surface area contributed by atoms with Crippen molar-refractivity contribution in [2.45, 2.75) is 38.0 Å². The molecule has 4 nitrogen and oxygen atoms in total. The first-order valence-electron chi connectivity index (χ1n) is 6.77. The van der Waals surface area contributed by atoms with Gasteiger partial charge in [0.15, 0.2) is 0 Å². The smallest absolute Gasteiger partial charge is 0.240 e. The summed E-state index contributed by atoms with van der Waals surface area (Å²) < 4.78 is 27.2. The molecular weight excluding hydrogens is 298 g/mol. The van der Waals surface area contributed by atoms with Crippen molar-refractivity contribution in [3.8, 4) is 0 Å². The third kappa shape index (κ3) is 5.05. The predicted octanol–water partition coefficient (Wildman–Crippen LogP) is 2.73. The summed E-state index contributed by atoms with van der Waals surface area (Å²) in [6.45, 7) is 4.19. The number of aliphatic hydroxyl groups excluding tert-OH is 1. The Hall–Kier alpha value is -0.620. The lowest BCUT2D eigenvalue weighted by Gasteiger charge is -2.16. The van der Waals surface area contributed by atoms with E-state index in [1.807, 2.05) is 6.92 Å².